The predicted molar refractivity (Wildman–Crippen MR) is 133 cm³/mol. The summed E-state index contributed by atoms with van der Waals surface area (Å²) in [5.41, 5.74) is 0.490. The lowest BCUT2D eigenvalue weighted by Gasteiger charge is -2.31. The van der Waals surface area contributed by atoms with E-state index in [1.54, 1.807) is 18.9 Å². The van der Waals surface area contributed by atoms with Crippen LogP contribution in [0.15, 0.2) is 28.2 Å². The number of thioether (sulfide) groups is 1. The first-order valence-electron chi connectivity index (χ1n) is 8.54. The van der Waals surface area contributed by atoms with E-state index in [0.29, 0.717) is 17.3 Å². The number of carbonyl (C=O) groups is 1. The third-order valence-corrected chi connectivity index (χ3v) is 6.75. The Balaban J connectivity index is 0.00000196. The minimum atomic E-state index is -0.171. The Morgan fingerprint density at radius 2 is 2.18 bits per heavy atom. The molecule has 2 unspecified atom stereocenters. The molecule has 0 saturated carbocycles. The number of nitrogens with zero attached hydrogens (tertiary/aromatic N) is 2. The van der Waals surface area contributed by atoms with E-state index in [1.807, 2.05) is 18.4 Å². The van der Waals surface area contributed by atoms with Gasteiger partial charge in [-0.2, -0.15) is 0 Å². The van der Waals surface area contributed by atoms with E-state index in [4.69, 9.17) is 4.74 Å². The molecule has 0 amide bonds. The molecule has 0 bridgehead atoms. The molecule has 2 heterocycles. The first-order chi connectivity index (χ1) is 12.5. The summed E-state index contributed by atoms with van der Waals surface area (Å²) in [6, 6.07) is 3.78. The zero-order valence-electron chi connectivity index (χ0n) is 15.6. The number of hydrogen-bond donors (Lipinski definition) is 1. The lowest BCUT2D eigenvalue weighted by Crippen LogP contribution is -2.47. The fourth-order valence-corrected chi connectivity index (χ4v) is 4.94. The average molecular weight is 649 g/mol. The molecule has 3 rings (SSSR count). The molecule has 1 aliphatic heterocycles. The molecule has 156 valence electrons. The number of benzene rings is 1. The number of aromatic nitrogens is 2. The Kier molecular flexibility index (Phi) is 11.1. The molecule has 1 aromatic heterocycles. The number of carbonyl (C=O) groups excluding carboxylic acids is 1. The molecular formula is C18H24Br2IN3O3S. The number of hydrogen-bond acceptors (Lipinski definition) is 6. The van der Waals surface area contributed by atoms with Crippen molar-refractivity contribution in [3.05, 3.63) is 32.4 Å². The van der Waals surface area contributed by atoms with Crippen molar-refractivity contribution >= 4 is 85.0 Å². The SMILES string of the molecule is Br.Br.COC1CCCNC1CC(=O)Cn1cnc2cc(I)c(SC)cc2c1=O. The summed E-state index contributed by atoms with van der Waals surface area (Å²) in [4.78, 5) is 30.7. The summed E-state index contributed by atoms with van der Waals surface area (Å²) >= 11 is 3.83. The monoisotopic (exact) mass is 647 g/mol. The smallest absolute Gasteiger partial charge is 0.261 e. The summed E-state index contributed by atoms with van der Waals surface area (Å²) in [7, 11) is 1.68. The molecule has 6 nitrogen and oxygen atoms in total. The number of halogens is 3. The maximum absolute atomic E-state index is 12.8. The zero-order valence-corrected chi connectivity index (χ0v) is 22.0. The molecular weight excluding hydrogens is 625 g/mol. The van der Waals surface area contributed by atoms with Crippen molar-refractivity contribution < 1.29 is 9.53 Å². The molecule has 0 aliphatic carbocycles. The van der Waals surface area contributed by atoms with Gasteiger partial charge in [-0.15, -0.1) is 45.7 Å². The number of nitrogens with one attached hydrogen (secondary N) is 1. The van der Waals surface area contributed by atoms with Crippen LogP contribution in [0.2, 0.25) is 0 Å². The second-order valence-electron chi connectivity index (χ2n) is 6.40. The Morgan fingerprint density at radius 1 is 1.43 bits per heavy atom. The van der Waals surface area contributed by atoms with Gasteiger partial charge in [0, 0.05) is 28.0 Å². The largest absolute Gasteiger partial charge is 0.380 e. The first-order valence-corrected chi connectivity index (χ1v) is 10.8. The van der Waals surface area contributed by atoms with Crippen molar-refractivity contribution in [2.75, 3.05) is 19.9 Å². The minimum absolute atomic E-state index is 0. The number of ketones is 1. The van der Waals surface area contributed by atoms with E-state index in [2.05, 4.69) is 32.9 Å². The molecule has 1 fully saturated rings. The van der Waals surface area contributed by atoms with Gasteiger partial charge in [0.2, 0.25) is 0 Å². The van der Waals surface area contributed by atoms with Gasteiger partial charge in [-0.25, -0.2) is 4.98 Å². The molecule has 1 saturated heterocycles. The standard InChI is InChI=1S/C18H22IN3O3S.2BrH/c1-25-16-4-3-5-20-15(16)6-11(23)9-22-10-21-14-8-13(19)17(26-2)7-12(14)18(22)24;;/h7-8,10,15-16,20H,3-6,9H2,1-2H3;2*1H. The quantitative estimate of drug-likeness (QED) is 0.381. The molecule has 10 heteroatoms. The highest BCUT2D eigenvalue weighted by atomic mass is 127. The van der Waals surface area contributed by atoms with Crippen molar-refractivity contribution in [3.63, 3.8) is 0 Å². The van der Waals surface area contributed by atoms with Crippen molar-refractivity contribution in [2.24, 2.45) is 0 Å². The molecule has 2 atom stereocenters. The van der Waals surface area contributed by atoms with Crippen LogP contribution in [0.1, 0.15) is 19.3 Å². The van der Waals surface area contributed by atoms with Crippen molar-refractivity contribution in [3.8, 4) is 0 Å². The maximum atomic E-state index is 12.8. The van der Waals surface area contributed by atoms with Gasteiger partial charge in [-0.1, -0.05) is 0 Å². The summed E-state index contributed by atoms with van der Waals surface area (Å²) in [5.74, 6) is 0.00491. The van der Waals surface area contributed by atoms with Crippen molar-refractivity contribution in [2.45, 2.75) is 42.8 Å². The summed E-state index contributed by atoms with van der Waals surface area (Å²) in [5, 5.41) is 3.90. The van der Waals surface area contributed by atoms with E-state index in [9.17, 15) is 9.59 Å². The predicted octanol–water partition coefficient (Wildman–Crippen LogP) is 3.61. The van der Waals surface area contributed by atoms with Crippen molar-refractivity contribution in [1.82, 2.24) is 14.9 Å². The van der Waals surface area contributed by atoms with E-state index >= 15 is 0 Å². The van der Waals surface area contributed by atoms with E-state index in [0.717, 1.165) is 27.9 Å². The Labute approximate surface area is 203 Å². The average Bonchev–Trinajstić information content (AvgIpc) is 2.64. The minimum Gasteiger partial charge on any atom is -0.380 e. The van der Waals surface area contributed by atoms with Crippen LogP contribution in [0.3, 0.4) is 0 Å². The third-order valence-electron chi connectivity index (χ3n) is 4.72. The molecule has 2 aromatic rings. The summed E-state index contributed by atoms with van der Waals surface area (Å²) < 4.78 is 7.95. The summed E-state index contributed by atoms with van der Waals surface area (Å²) in [6.07, 6.45) is 5.85. The Hall–Kier alpha value is -0.0100. The fourth-order valence-electron chi connectivity index (χ4n) is 3.34. The molecule has 28 heavy (non-hydrogen) atoms. The second-order valence-corrected chi connectivity index (χ2v) is 8.41. The second kappa shape index (κ2) is 12.0. The Morgan fingerprint density at radius 3 is 2.86 bits per heavy atom. The molecule has 0 radical (unpaired) electrons. The van der Waals surface area contributed by atoms with Gasteiger partial charge in [-0.3, -0.25) is 14.2 Å². The number of fused-ring (bicyclic) bond motifs is 1. The highest BCUT2D eigenvalue weighted by Crippen LogP contribution is 2.25. The van der Waals surface area contributed by atoms with Gasteiger partial charge in [0.25, 0.3) is 5.56 Å². The molecule has 0 spiro atoms. The van der Waals surface area contributed by atoms with Crippen LogP contribution in [0, 0.1) is 3.57 Å². The van der Waals surface area contributed by atoms with Crippen LogP contribution in [0.25, 0.3) is 10.9 Å². The Bertz CT molecular complexity index is 881. The van der Waals surface area contributed by atoms with Gasteiger partial charge in [-0.05, 0) is 60.4 Å². The maximum Gasteiger partial charge on any atom is 0.261 e. The van der Waals surface area contributed by atoms with E-state index < -0.39 is 0 Å². The van der Waals surface area contributed by atoms with Crippen LogP contribution in [-0.4, -0.2) is 47.4 Å². The van der Waals surface area contributed by atoms with Crippen LogP contribution in [0.4, 0.5) is 0 Å². The first kappa shape index (κ1) is 26.0. The van der Waals surface area contributed by atoms with Crippen LogP contribution in [0.5, 0.6) is 0 Å². The lowest BCUT2D eigenvalue weighted by molar-refractivity contribution is -0.121. The highest BCUT2D eigenvalue weighted by molar-refractivity contribution is 14.1. The van der Waals surface area contributed by atoms with Crippen LogP contribution < -0.4 is 10.9 Å². The topological polar surface area (TPSA) is 73.2 Å². The van der Waals surface area contributed by atoms with E-state index in [1.165, 1.54) is 10.9 Å². The van der Waals surface area contributed by atoms with Crippen molar-refractivity contribution in [1.29, 1.82) is 0 Å². The number of piperidine rings is 1. The highest BCUT2D eigenvalue weighted by Gasteiger charge is 2.26. The van der Waals surface area contributed by atoms with Gasteiger partial charge < -0.3 is 10.1 Å². The lowest BCUT2D eigenvalue weighted by atomic mass is 9.96. The van der Waals surface area contributed by atoms with Gasteiger partial charge in [0.1, 0.15) is 0 Å². The fraction of sp³-hybridized carbons (Fsp3) is 0.500. The summed E-state index contributed by atoms with van der Waals surface area (Å²) in [6.45, 7) is 0.933. The zero-order chi connectivity index (χ0) is 18.7. The van der Waals surface area contributed by atoms with Gasteiger partial charge in [0.15, 0.2) is 5.78 Å². The molecule has 1 aromatic carbocycles. The van der Waals surface area contributed by atoms with Gasteiger partial charge in [0.05, 0.1) is 29.9 Å². The number of methoxy groups -OCH3 is 1. The number of rotatable bonds is 6. The number of ether oxygens (including phenoxy) is 1. The van der Waals surface area contributed by atoms with E-state index in [-0.39, 0.29) is 64.0 Å². The van der Waals surface area contributed by atoms with Crippen LogP contribution >= 0.6 is 68.3 Å². The molecule has 1 aliphatic rings. The normalized spacial score (nSPS) is 19.0. The van der Waals surface area contributed by atoms with Crippen LogP contribution in [-0.2, 0) is 16.1 Å². The molecule has 1 N–H and O–H groups in total. The third kappa shape index (κ3) is 6.00. The number of Topliss-reactive ketones (excluding diaryl/α,β-unsaturated/α-hetero) is 1. The van der Waals surface area contributed by atoms with Gasteiger partial charge >= 0.3 is 0 Å².